The van der Waals surface area contributed by atoms with Crippen LogP contribution < -0.4 is 4.74 Å². The van der Waals surface area contributed by atoms with Crippen molar-refractivity contribution in [2.75, 3.05) is 20.3 Å². The van der Waals surface area contributed by atoms with E-state index in [1.807, 2.05) is 31.2 Å². The van der Waals surface area contributed by atoms with E-state index in [1.165, 1.54) is 0 Å². The smallest absolute Gasteiger partial charge is 0.222 e. The topological polar surface area (TPSA) is 49.8 Å². The minimum Gasteiger partial charge on any atom is -0.497 e. The third-order valence-corrected chi connectivity index (χ3v) is 2.56. The molecule has 0 aliphatic rings. The van der Waals surface area contributed by atoms with Gasteiger partial charge in [-0.25, -0.2) is 0 Å². The number of hydrogen-bond acceptors (Lipinski definition) is 3. The van der Waals surface area contributed by atoms with Gasteiger partial charge in [-0.3, -0.25) is 4.79 Å². The Balaban J connectivity index is 2.68. The second kappa shape index (κ2) is 6.91. The lowest BCUT2D eigenvalue weighted by molar-refractivity contribution is -0.132. The van der Waals surface area contributed by atoms with Gasteiger partial charge in [0, 0.05) is 19.5 Å². The molecule has 0 radical (unpaired) electrons. The van der Waals surface area contributed by atoms with Crippen LogP contribution in [0.2, 0.25) is 0 Å². The predicted molar refractivity (Wildman–Crippen MR) is 65.8 cm³/mol. The van der Waals surface area contributed by atoms with Crippen molar-refractivity contribution < 1.29 is 14.6 Å². The quantitative estimate of drug-likeness (QED) is 0.814. The summed E-state index contributed by atoms with van der Waals surface area (Å²) < 4.78 is 5.07. The van der Waals surface area contributed by atoms with Crippen LogP contribution in [0.3, 0.4) is 0 Å². The fraction of sp³-hybridized carbons (Fsp3) is 0.462. The van der Waals surface area contributed by atoms with Gasteiger partial charge in [-0.2, -0.15) is 0 Å². The third kappa shape index (κ3) is 4.07. The Morgan fingerprint density at radius 3 is 2.47 bits per heavy atom. The molecule has 1 rings (SSSR count). The van der Waals surface area contributed by atoms with Crippen molar-refractivity contribution in [1.29, 1.82) is 0 Å². The summed E-state index contributed by atoms with van der Waals surface area (Å²) in [6.07, 6.45) is 0.455. The maximum Gasteiger partial charge on any atom is 0.222 e. The molecule has 0 heterocycles. The van der Waals surface area contributed by atoms with Gasteiger partial charge >= 0.3 is 0 Å². The molecule has 0 aliphatic heterocycles. The number of aliphatic hydroxyl groups is 1. The van der Waals surface area contributed by atoms with Crippen LogP contribution in [-0.4, -0.2) is 36.2 Å². The summed E-state index contributed by atoms with van der Waals surface area (Å²) in [5.74, 6) is 0.846. The van der Waals surface area contributed by atoms with Crippen molar-refractivity contribution in [1.82, 2.24) is 4.90 Å². The fourth-order valence-electron chi connectivity index (χ4n) is 1.59. The summed E-state index contributed by atoms with van der Waals surface area (Å²) in [4.78, 5) is 13.3. The van der Waals surface area contributed by atoms with Crippen LogP contribution >= 0.6 is 0 Å². The molecule has 0 saturated heterocycles. The number of benzene rings is 1. The molecule has 4 heteroatoms. The van der Waals surface area contributed by atoms with Gasteiger partial charge in [-0.1, -0.05) is 19.1 Å². The summed E-state index contributed by atoms with van der Waals surface area (Å²) in [5.41, 5.74) is 1.03. The van der Waals surface area contributed by atoms with Gasteiger partial charge in [0.05, 0.1) is 13.7 Å². The molecule has 0 spiro atoms. The molecule has 0 bridgehead atoms. The van der Waals surface area contributed by atoms with Crippen molar-refractivity contribution in [2.24, 2.45) is 0 Å². The van der Waals surface area contributed by atoms with Gasteiger partial charge in [-0.15, -0.1) is 0 Å². The number of hydrogen-bond donors (Lipinski definition) is 1. The fourth-order valence-corrected chi connectivity index (χ4v) is 1.59. The standard InChI is InChI=1S/C13H19NO3/c1-3-13(16)14(8-9-15)10-11-4-6-12(17-2)7-5-11/h4-7,15H,3,8-10H2,1-2H3. The largest absolute Gasteiger partial charge is 0.497 e. The Morgan fingerprint density at radius 1 is 1.35 bits per heavy atom. The molecule has 1 amide bonds. The van der Waals surface area contributed by atoms with Crippen molar-refractivity contribution in [3.63, 3.8) is 0 Å². The Hall–Kier alpha value is -1.55. The number of rotatable bonds is 6. The van der Waals surface area contributed by atoms with E-state index >= 15 is 0 Å². The van der Waals surface area contributed by atoms with Crippen molar-refractivity contribution in [2.45, 2.75) is 19.9 Å². The number of methoxy groups -OCH3 is 1. The molecule has 0 fully saturated rings. The van der Waals surface area contributed by atoms with Crippen molar-refractivity contribution in [3.05, 3.63) is 29.8 Å². The zero-order valence-electron chi connectivity index (χ0n) is 10.3. The average Bonchev–Trinajstić information content (AvgIpc) is 2.38. The molecule has 4 nitrogen and oxygen atoms in total. The molecular formula is C13H19NO3. The molecule has 0 aliphatic carbocycles. The van der Waals surface area contributed by atoms with Crippen LogP contribution in [0.5, 0.6) is 5.75 Å². The number of carbonyl (C=O) groups excluding carboxylic acids is 1. The normalized spacial score (nSPS) is 10.1. The van der Waals surface area contributed by atoms with E-state index in [0.717, 1.165) is 11.3 Å². The lowest BCUT2D eigenvalue weighted by atomic mass is 10.2. The van der Waals surface area contributed by atoms with Gasteiger partial charge < -0.3 is 14.7 Å². The van der Waals surface area contributed by atoms with Gasteiger partial charge in [-0.05, 0) is 17.7 Å². The average molecular weight is 237 g/mol. The minimum absolute atomic E-state index is 0.0120. The first kappa shape index (κ1) is 13.5. The predicted octanol–water partition coefficient (Wildman–Crippen LogP) is 1.43. The van der Waals surface area contributed by atoms with E-state index in [9.17, 15) is 4.79 Å². The number of amides is 1. The van der Waals surface area contributed by atoms with Gasteiger partial charge in [0.1, 0.15) is 5.75 Å². The van der Waals surface area contributed by atoms with Gasteiger partial charge in [0.2, 0.25) is 5.91 Å². The molecule has 0 saturated carbocycles. The first-order chi connectivity index (χ1) is 8.21. The minimum atomic E-state index is -0.0120. The molecule has 1 aromatic rings. The van der Waals surface area contributed by atoms with Crippen molar-refractivity contribution in [3.8, 4) is 5.75 Å². The number of carbonyl (C=O) groups is 1. The van der Waals surface area contributed by atoms with Crippen LogP contribution in [0.4, 0.5) is 0 Å². The molecule has 0 aromatic heterocycles. The van der Waals surface area contributed by atoms with Crippen LogP contribution in [0.15, 0.2) is 24.3 Å². The molecular weight excluding hydrogens is 218 g/mol. The highest BCUT2D eigenvalue weighted by Crippen LogP contribution is 2.13. The Labute approximate surface area is 102 Å². The highest BCUT2D eigenvalue weighted by molar-refractivity contribution is 5.75. The Kier molecular flexibility index (Phi) is 5.49. The van der Waals surface area contributed by atoms with Gasteiger partial charge in [0.25, 0.3) is 0 Å². The summed E-state index contributed by atoms with van der Waals surface area (Å²) in [6, 6.07) is 7.57. The summed E-state index contributed by atoms with van der Waals surface area (Å²) in [7, 11) is 1.62. The number of aliphatic hydroxyl groups excluding tert-OH is 1. The Bertz CT molecular complexity index is 348. The van der Waals surface area contributed by atoms with E-state index in [-0.39, 0.29) is 12.5 Å². The second-order valence-corrected chi connectivity index (χ2v) is 3.74. The van der Waals surface area contributed by atoms with Crippen LogP contribution in [0.1, 0.15) is 18.9 Å². The van der Waals surface area contributed by atoms with E-state index in [1.54, 1.807) is 12.0 Å². The summed E-state index contributed by atoms with van der Waals surface area (Å²) >= 11 is 0. The maximum absolute atomic E-state index is 11.6. The zero-order valence-corrected chi connectivity index (χ0v) is 10.3. The molecule has 94 valence electrons. The SMILES string of the molecule is CCC(=O)N(CCO)Cc1ccc(OC)cc1. The lowest BCUT2D eigenvalue weighted by Gasteiger charge is -2.21. The van der Waals surface area contributed by atoms with Gasteiger partial charge in [0.15, 0.2) is 0 Å². The highest BCUT2D eigenvalue weighted by atomic mass is 16.5. The van der Waals surface area contributed by atoms with E-state index in [4.69, 9.17) is 9.84 Å². The lowest BCUT2D eigenvalue weighted by Crippen LogP contribution is -2.32. The molecule has 0 unspecified atom stereocenters. The molecule has 0 atom stereocenters. The second-order valence-electron chi connectivity index (χ2n) is 3.74. The first-order valence-electron chi connectivity index (χ1n) is 5.72. The van der Waals surface area contributed by atoms with Crippen LogP contribution in [0.25, 0.3) is 0 Å². The van der Waals surface area contributed by atoms with E-state index in [2.05, 4.69) is 0 Å². The zero-order chi connectivity index (χ0) is 12.7. The molecule has 17 heavy (non-hydrogen) atoms. The number of nitrogens with zero attached hydrogens (tertiary/aromatic N) is 1. The van der Waals surface area contributed by atoms with E-state index < -0.39 is 0 Å². The van der Waals surface area contributed by atoms with Crippen LogP contribution in [-0.2, 0) is 11.3 Å². The van der Waals surface area contributed by atoms with Crippen molar-refractivity contribution >= 4 is 5.91 Å². The maximum atomic E-state index is 11.6. The summed E-state index contributed by atoms with van der Waals surface area (Å²) in [5, 5.41) is 8.93. The van der Waals surface area contributed by atoms with Crippen LogP contribution in [0, 0.1) is 0 Å². The third-order valence-electron chi connectivity index (χ3n) is 2.56. The number of ether oxygens (including phenoxy) is 1. The first-order valence-corrected chi connectivity index (χ1v) is 5.72. The molecule has 1 aromatic carbocycles. The summed E-state index contributed by atoms with van der Waals surface area (Å²) in [6.45, 7) is 2.71. The monoisotopic (exact) mass is 237 g/mol. The molecule has 1 N–H and O–H groups in total. The highest BCUT2D eigenvalue weighted by Gasteiger charge is 2.11. The Morgan fingerprint density at radius 2 is 2.00 bits per heavy atom. The van der Waals surface area contributed by atoms with E-state index in [0.29, 0.717) is 19.5 Å².